The van der Waals surface area contributed by atoms with Crippen LogP contribution in [0.15, 0.2) is 0 Å². The second-order valence-electron chi connectivity index (χ2n) is 0.953. The first-order valence-corrected chi connectivity index (χ1v) is 4.17. The van der Waals surface area contributed by atoms with Crippen LogP contribution in [-0.2, 0) is 29.5 Å². The van der Waals surface area contributed by atoms with E-state index in [4.69, 9.17) is 0 Å². The molecule has 0 aliphatic rings. The van der Waals surface area contributed by atoms with Gasteiger partial charge in [-0.2, -0.15) is 0 Å². The molecule has 0 aliphatic heterocycles. The first-order chi connectivity index (χ1) is 4.21. The Balaban J connectivity index is -0.000000405. The smallest absolute Gasteiger partial charge is 0.724 e. The first kappa shape index (κ1) is 21.2. The fourth-order valence-electron chi connectivity index (χ4n) is 0.0680. The van der Waals surface area contributed by atoms with Crippen LogP contribution >= 0.6 is 0 Å². The van der Waals surface area contributed by atoms with Crippen LogP contribution in [0.3, 0.4) is 0 Å². The predicted molar refractivity (Wildman–Crippen MR) is 21.6 cm³/mol. The molecule has 0 bridgehead atoms. The van der Waals surface area contributed by atoms with Crippen LogP contribution in [0.1, 0.15) is 0 Å². The molecule has 0 rings (SSSR count). The van der Waals surface area contributed by atoms with Gasteiger partial charge in [-0.3, -0.25) is 0 Å². The van der Waals surface area contributed by atoms with E-state index in [0.29, 0.717) is 0 Å². The molecule has 0 saturated carbocycles. The van der Waals surface area contributed by atoms with E-state index in [9.17, 15) is 25.9 Å². The largest absolute Gasteiger partial charge is 1.00 e. The maximum absolute atomic E-state index is 9.37. The Hall–Kier alpha value is 3.84. The molecule has 0 fully saturated rings. The van der Waals surface area contributed by atoms with Crippen molar-refractivity contribution in [3.63, 3.8) is 0 Å². The molecule has 12 heteroatoms. The molecule has 8 nitrogen and oxygen atoms in total. The van der Waals surface area contributed by atoms with Gasteiger partial charge in [-0.15, -0.1) is 8.67 Å². The van der Waals surface area contributed by atoms with Crippen molar-refractivity contribution in [2.75, 3.05) is 0 Å². The van der Waals surface area contributed by atoms with Crippen molar-refractivity contribution >= 4 is 20.8 Å². The Morgan fingerprint density at radius 3 is 1.00 bits per heavy atom. The van der Waals surface area contributed by atoms with Crippen LogP contribution in [-0.4, -0.2) is 25.9 Å². The summed E-state index contributed by atoms with van der Waals surface area (Å²) in [6.45, 7) is 0. The van der Waals surface area contributed by atoms with E-state index >= 15 is 0 Å². The van der Waals surface area contributed by atoms with E-state index in [1.54, 1.807) is 0 Å². The molecule has 0 aliphatic carbocycles. The third kappa shape index (κ3) is 19.4. The zero-order valence-electron chi connectivity index (χ0n) is 6.08. The maximum atomic E-state index is 9.37. The average molecular weight is 458 g/mol. The van der Waals surface area contributed by atoms with Gasteiger partial charge in [-0.25, -0.2) is 16.8 Å². The Labute approximate surface area is 187 Å². The van der Waals surface area contributed by atoms with E-state index < -0.39 is 20.8 Å². The molecular formula is Cs2O8S2. The minimum atomic E-state index is -5.31. The van der Waals surface area contributed by atoms with E-state index in [-0.39, 0.29) is 138 Å². The second-order valence-corrected chi connectivity index (χ2v) is 2.86. The molecule has 0 aromatic heterocycles. The number of hydrogen-bond acceptors (Lipinski definition) is 8. The van der Waals surface area contributed by atoms with Crippen LogP contribution < -0.4 is 138 Å². The molecule has 0 unspecified atom stereocenters. The van der Waals surface area contributed by atoms with Crippen LogP contribution in [0.4, 0.5) is 0 Å². The Bertz CT molecular complexity index is 251. The fraction of sp³-hybridized carbons (Fsp3) is 0. The van der Waals surface area contributed by atoms with Crippen LogP contribution in [0.25, 0.3) is 0 Å². The van der Waals surface area contributed by atoms with E-state index in [1.165, 1.54) is 0 Å². The van der Waals surface area contributed by atoms with Crippen LogP contribution in [0.2, 0.25) is 0 Å². The van der Waals surface area contributed by atoms with Gasteiger partial charge in [0.2, 0.25) is 20.8 Å². The topological polar surface area (TPSA) is 133 Å². The van der Waals surface area contributed by atoms with Crippen molar-refractivity contribution in [2.24, 2.45) is 0 Å². The monoisotopic (exact) mass is 458 g/mol. The van der Waals surface area contributed by atoms with Crippen molar-refractivity contribution in [3.8, 4) is 0 Å². The summed E-state index contributed by atoms with van der Waals surface area (Å²) in [5.74, 6) is 0. The minimum absolute atomic E-state index is 0. The molecule has 0 saturated heterocycles. The summed E-state index contributed by atoms with van der Waals surface area (Å²) < 4.78 is 61.5. The van der Waals surface area contributed by atoms with Crippen molar-refractivity contribution in [1.29, 1.82) is 0 Å². The standard InChI is InChI=1S/2Cs.H2O8S2/c;;1-9(2,3)7-8-10(4,5)6/h;;(H,1,2,3)(H,4,5,6)/q2*+1;/p-2. The van der Waals surface area contributed by atoms with Gasteiger partial charge in [0.25, 0.3) is 0 Å². The molecule has 0 radical (unpaired) electrons. The molecule has 0 aromatic carbocycles. The molecule has 0 heterocycles. The molecule has 0 N–H and O–H groups in total. The number of rotatable bonds is 3. The van der Waals surface area contributed by atoms with Crippen molar-refractivity contribution in [2.45, 2.75) is 0 Å². The molecule has 0 aromatic rings. The van der Waals surface area contributed by atoms with Gasteiger partial charge in [0.15, 0.2) is 0 Å². The molecule has 12 heavy (non-hydrogen) atoms. The van der Waals surface area contributed by atoms with Gasteiger partial charge in [0, 0.05) is 0 Å². The van der Waals surface area contributed by atoms with Gasteiger partial charge < -0.3 is 9.11 Å². The van der Waals surface area contributed by atoms with Gasteiger partial charge in [0.05, 0.1) is 0 Å². The Morgan fingerprint density at radius 2 is 0.917 bits per heavy atom. The van der Waals surface area contributed by atoms with Crippen molar-refractivity contribution in [1.82, 2.24) is 0 Å². The first-order valence-electron chi connectivity index (χ1n) is 1.50. The van der Waals surface area contributed by atoms with E-state index in [0.717, 1.165) is 0 Å². The van der Waals surface area contributed by atoms with Gasteiger partial charge in [-0.05, 0) is 0 Å². The van der Waals surface area contributed by atoms with Gasteiger partial charge >= 0.3 is 138 Å². The summed E-state index contributed by atoms with van der Waals surface area (Å²) in [6.07, 6.45) is 0. The number of hydrogen-bond donors (Lipinski definition) is 0. The normalized spacial score (nSPS) is 11.2. The van der Waals surface area contributed by atoms with E-state index in [1.807, 2.05) is 0 Å². The Kier molecular flexibility index (Phi) is 15.8. The SMILES string of the molecule is O=S(=O)([O-])OOS(=O)(=O)[O-].[Cs+].[Cs+]. The zero-order valence-corrected chi connectivity index (χ0v) is 20.3. The Morgan fingerprint density at radius 1 is 0.750 bits per heavy atom. The van der Waals surface area contributed by atoms with Crippen molar-refractivity contribution in [3.05, 3.63) is 0 Å². The maximum Gasteiger partial charge on any atom is 1.00 e. The fourth-order valence-corrected chi connectivity index (χ4v) is 0.612. The van der Waals surface area contributed by atoms with Crippen LogP contribution in [0, 0.1) is 0 Å². The van der Waals surface area contributed by atoms with E-state index in [2.05, 4.69) is 8.67 Å². The summed E-state index contributed by atoms with van der Waals surface area (Å²) >= 11 is 0. The summed E-state index contributed by atoms with van der Waals surface area (Å²) in [7, 11) is -10.6. The van der Waals surface area contributed by atoms with Crippen molar-refractivity contribution < 1.29 is 172 Å². The second kappa shape index (κ2) is 8.93. The predicted octanol–water partition coefficient (Wildman–Crippen LogP) is -8.14. The van der Waals surface area contributed by atoms with Crippen LogP contribution in [0.5, 0.6) is 0 Å². The third-order valence-corrected chi connectivity index (χ3v) is 0.750. The third-order valence-electron chi connectivity index (χ3n) is 0.194. The molecule has 62 valence electrons. The minimum Gasteiger partial charge on any atom is -0.724 e. The van der Waals surface area contributed by atoms with Gasteiger partial charge in [0.1, 0.15) is 0 Å². The molecule has 0 atom stereocenters. The molecular weight excluding hydrogens is 458 g/mol. The molecule has 0 spiro atoms. The summed E-state index contributed by atoms with van der Waals surface area (Å²) in [5.41, 5.74) is 0. The quantitative estimate of drug-likeness (QED) is 0.176. The van der Waals surface area contributed by atoms with Gasteiger partial charge in [-0.1, -0.05) is 0 Å². The summed E-state index contributed by atoms with van der Waals surface area (Å²) in [5, 5.41) is 0. The average Bonchev–Trinajstić information content (AvgIpc) is 1.57. The summed E-state index contributed by atoms with van der Waals surface area (Å²) in [6, 6.07) is 0. The zero-order chi connectivity index (χ0) is 8.41. The summed E-state index contributed by atoms with van der Waals surface area (Å²) in [4.78, 5) is 0. The molecule has 0 amide bonds.